The summed E-state index contributed by atoms with van der Waals surface area (Å²) >= 11 is 1.04. The van der Waals surface area contributed by atoms with Crippen LogP contribution in [0.5, 0.6) is 28.7 Å². The number of aromatic hydroxyl groups is 1. The van der Waals surface area contributed by atoms with Gasteiger partial charge < -0.3 is 33.9 Å². The molecule has 0 radical (unpaired) electrons. The SMILES string of the molecule is CCOC(=O)C1=C(O)C(=Cc2c(O)cc(OC)cc2OC)SC1=Nc1ccc(OC)cc1OC. The van der Waals surface area contributed by atoms with E-state index >= 15 is 0 Å². The number of esters is 1. The van der Waals surface area contributed by atoms with E-state index in [-0.39, 0.29) is 33.6 Å². The van der Waals surface area contributed by atoms with E-state index in [0.29, 0.717) is 34.2 Å². The molecule has 34 heavy (non-hydrogen) atoms. The molecule has 180 valence electrons. The summed E-state index contributed by atoms with van der Waals surface area (Å²) in [6, 6.07) is 8.04. The number of nitrogens with zero attached hydrogens (tertiary/aromatic N) is 1. The third-order valence-corrected chi connectivity index (χ3v) is 5.82. The Labute approximate surface area is 201 Å². The molecule has 0 amide bonds. The molecule has 0 atom stereocenters. The van der Waals surface area contributed by atoms with Crippen molar-refractivity contribution in [1.82, 2.24) is 0 Å². The molecule has 2 N–H and O–H groups in total. The van der Waals surface area contributed by atoms with E-state index in [1.165, 1.54) is 40.6 Å². The zero-order chi connectivity index (χ0) is 24.8. The van der Waals surface area contributed by atoms with Crippen LogP contribution in [0.4, 0.5) is 5.69 Å². The van der Waals surface area contributed by atoms with Gasteiger partial charge in [0.15, 0.2) is 0 Å². The number of aliphatic hydroxyl groups is 1. The Hall–Kier alpha value is -3.79. The first-order chi connectivity index (χ1) is 16.4. The third kappa shape index (κ3) is 5.07. The lowest BCUT2D eigenvalue weighted by molar-refractivity contribution is -0.138. The van der Waals surface area contributed by atoms with Crippen LogP contribution in [0.3, 0.4) is 0 Å². The van der Waals surface area contributed by atoms with E-state index in [1.54, 1.807) is 31.2 Å². The largest absolute Gasteiger partial charge is 0.507 e. The second-order valence-corrected chi connectivity index (χ2v) is 7.80. The van der Waals surface area contributed by atoms with Gasteiger partial charge in [-0.25, -0.2) is 9.79 Å². The van der Waals surface area contributed by atoms with Crippen LogP contribution in [0.1, 0.15) is 12.5 Å². The number of methoxy groups -OCH3 is 4. The van der Waals surface area contributed by atoms with Crippen molar-refractivity contribution in [2.45, 2.75) is 6.92 Å². The van der Waals surface area contributed by atoms with Crippen molar-refractivity contribution in [3.05, 3.63) is 52.1 Å². The van der Waals surface area contributed by atoms with Gasteiger partial charge in [0.1, 0.15) is 50.8 Å². The minimum atomic E-state index is -0.729. The second-order valence-electron chi connectivity index (χ2n) is 6.77. The number of aliphatic hydroxyl groups excluding tert-OH is 1. The lowest BCUT2D eigenvalue weighted by Gasteiger charge is -2.10. The summed E-state index contributed by atoms with van der Waals surface area (Å²) in [4.78, 5) is 17.5. The Morgan fingerprint density at radius 1 is 0.971 bits per heavy atom. The van der Waals surface area contributed by atoms with Crippen molar-refractivity contribution in [2.75, 3.05) is 35.0 Å². The van der Waals surface area contributed by atoms with Crippen LogP contribution in [-0.4, -0.2) is 56.3 Å². The number of carbonyl (C=O) groups is 1. The topological polar surface area (TPSA) is 116 Å². The summed E-state index contributed by atoms with van der Waals surface area (Å²) in [6.45, 7) is 1.78. The predicted octanol–water partition coefficient (Wildman–Crippen LogP) is 4.62. The van der Waals surface area contributed by atoms with Gasteiger partial charge in [-0.3, -0.25) is 0 Å². The molecule has 0 bridgehead atoms. The van der Waals surface area contributed by atoms with Crippen LogP contribution < -0.4 is 18.9 Å². The molecule has 9 nitrogen and oxygen atoms in total. The summed E-state index contributed by atoms with van der Waals surface area (Å²) in [7, 11) is 5.94. The first-order valence-corrected chi connectivity index (χ1v) is 10.9. The zero-order valence-electron chi connectivity index (χ0n) is 19.4. The van der Waals surface area contributed by atoms with Gasteiger partial charge in [0.05, 0.1) is 45.5 Å². The van der Waals surface area contributed by atoms with E-state index in [0.717, 1.165) is 11.8 Å². The molecular weight excluding hydrogens is 462 g/mol. The van der Waals surface area contributed by atoms with Crippen molar-refractivity contribution in [2.24, 2.45) is 4.99 Å². The van der Waals surface area contributed by atoms with Gasteiger partial charge in [-0.2, -0.15) is 0 Å². The number of ether oxygens (including phenoxy) is 5. The molecular formula is C24H25NO8S. The number of thioether (sulfide) groups is 1. The Morgan fingerprint density at radius 3 is 2.26 bits per heavy atom. The quantitative estimate of drug-likeness (QED) is 0.515. The molecule has 0 saturated heterocycles. The fourth-order valence-electron chi connectivity index (χ4n) is 3.13. The van der Waals surface area contributed by atoms with Gasteiger partial charge in [-0.05, 0) is 25.1 Å². The summed E-state index contributed by atoms with van der Waals surface area (Å²) in [5.74, 6) is 0.527. The minimum absolute atomic E-state index is 0.0945. The average Bonchev–Trinajstić information content (AvgIpc) is 3.14. The second kappa shape index (κ2) is 10.9. The molecule has 2 aromatic carbocycles. The van der Waals surface area contributed by atoms with Gasteiger partial charge in [0, 0.05) is 18.2 Å². The van der Waals surface area contributed by atoms with Gasteiger partial charge >= 0.3 is 5.97 Å². The van der Waals surface area contributed by atoms with Crippen LogP contribution in [0.2, 0.25) is 0 Å². The number of phenolic OH excluding ortho intramolecular Hbond substituents is 1. The third-order valence-electron chi connectivity index (χ3n) is 4.80. The maximum absolute atomic E-state index is 12.7. The molecule has 10 heteroatoms. The number of hydrogen-bond donors (Lipinski definition) is 2. The van der Waals surface area contributed by atoms with Crippen molar-refractivity contribution in [1.29, 1.82) is 0 Å². The molecule has 0 saturated carbocycles. The smallest absolute Gasteiger partial charge is 0.344 e. The highest BCUT2D eigenvalue weighted by molar-refractivity contribution is 8.18. The minimum Gasteiger partial charge on any atom is -0.507 e. The predicted molar refractivity (Wildman–Crippen MR) is 130 cm³/mol. The Bertz CT molecular complexity index is 1190. The van der Waals surface area contributed by atoms with Crippen molar-refractivity contribution < 1.29 is 38.7 Å². The normalized spacial score (nSPS) is 15.6. The lowest BCUT2D eigenvalue weighted by Crippen LogP contribution is -2.12. The standard InChI is InChI=1S/C24H25NO8S/c1-6-33-24(28)21-22(27)20(12-15-17(26)9-14(30-3)11-18(15)31-4)34-23(21)25-16-8-7-13(29-2)10-19(16)32-5/h7-12,26-27H,6H2,1-5H3. The summed E-state index contributed by atoms with van der Waals surface area (Å²) < 4.78 is 26.3. The van der Waals surface area contributed by atoms with Gasteiger partial charge in [0.25, 0.3) is 0 Å². The average molecular weight is 488 g/mol. The molecule has 1 aliphatic heterocycles. The van der Waals surface area contributed by atoms with Crippen LogP contribution in [0, 0.1) is 0 Å². The molecule has 0 spiro atoms. The van der Waals surface area contributed by atoms with Crippen molar-refractivity contribution >= 4 is 34.5 Å². The highest BCUT2D eigenvalue weighted by atomic mass is 32.2. The highest BCUT2D eigenvalue weighted by Crippen LogP contribution is 2.44. The first kappa shape index (κ1) is 24.8. The molecule has 3 rings (SSSR count). The van der Waals surface area contributed by atoms with Crippen LogP contribution in [-0.2, 0) is 9.53 Å². The maximum atomic E-state index is 12.7. The van der Waals surface area contributed by atoms with Crippen molar-refractivity contribution in [3.63, 3.8) is 0 Å². The number of benzene rings is 2. The highest BCUT2D eigenvalue weighted by Gasteiger charge is 2.34. The number of phenols is 1. The molecule has 0 aliphatic carbocycles. The van der Waals surface area contributed by atoms with Crippen LogP contribution >= 0.6 is 11.8 Å². The van der Waals surface area contributed by atoms with E-state index in [4.69, 9.17) is 23.7 Å². The van der Waals surface area contributed by atoms with Crippen molar-refractivity contribution in [3.8, 4) is 28.7 Å². The fourth-order valence-corrected chi connectivity index (χ4v) is 4.14. The molecule has 2 aromatic rings. The summed E-state index contributed by atoms with van der Waals surface area (Å²) in [5, 5.41) is 21.6. The fraction of sp³-hybridized carbons (Fsp3) is 0.250. The molecule has 1 heterocycles. The molecule has 0 unspecified atom stereocenters. The summed E-state index contributed by atoms with van der Waals surface area (Å²) in [6.07, 6.45) is 1.50. The molecule has 1 aliphatic rings. The number of rotatable bonds is 8. The lowest BCUT2D eigenvalue weighted by atomic mass is 10.1. The van der Waals surface area contributed by atoms with Crippen LogP contribution in [0.15, 0.2) is 51.6 Å². The van der Waals surface area contributed by atoms with E-state index in [1.807, 2.05) is 0 Å². The van der Waals surface area contributed by atoms with Crippen LogP contribution in [0.25, 0.3) is 6.08 Å². The number of hydrogen-bond acceptors (Lipinski definition) is 10. The number of aliphatic imine (C=N–C) groups is 1. The monoisotopic (exact) mass is 487 g/mol. The van der Waals surface area contributed by atoms with E-state index in [9.17, 15) is 15.0 Å². The van der Waals surface area contributed by atoms with Gasteiger partial charge in [-0.1, -0.05) is 11.8 Å². The molecule has 0 aromatic heterocycles. The Balaban J connectivity index is 2.14. The zero-order valence-corrected chi connectivity index (χ0v) is 20.2. The summed E-state index contributed by atoms with van der Waals surface area (Å²) in [5.41, 5.74) is 0.623. The van der Waals surface area contributed by atoms with E-state index < -0.39 is 5.97 Å². The maximum Gasteiger partial charge on any atom is 0.344 e. The van der Waals surface area contributed by atoms with Gasteiger partial charge in [0.2, 0.25) is 0 Å². The Kier molecular flexibility index (Phi) is 7.95. The Morgan fingerprint density at radius 2 is 1.65 bits per heavy atom. The molecule has 0 fully saturated rings. The first-order valence-electron chi connectivity index (χ1n) is 10.1. The van der Waals surface area contributed by atoms with Gasteiger partial charge in [-0.15, -0.1) is 0 Å². The van der Waals surface area contributed by atoms with E-state index in [2.05, 4.69) is 4.99 Å². The number of carbonyl (C=O) groups excluding carboxylic acids is 1.